The Kier molecular flexibility index (Phi) is 48.6. The molecule has 0 fully saturated rings. The van der Waals surface area contributed by atoms with E-state index in [1.807, 2.05) is 0 Å². The molecule has 0 amide bonds. The summed E-state index contributed by atoms with van der Waals surface area (Å²) in [5.74, 6) is 0. The Morgan fingerprint density at radius 2 is 0.571 bits per heavy atom. The predicted octanol–water partition coefficient (Wildman–Crippen LogP) is -0.717. The normalized spacial score (nSPS) is 5.14. The van der Waals surface area contributed by atoms with Gasteiger partial charge in [-0.15, -0.1) is 0 Å². The van der Waals surface area contributed by atoms with Crippen LogP contribution in [0.25, 0.3) is 0 Å². The summed E-state index contributed by atoms with van der Waals surface area (Å²) in [4.78, 5) is 24.8. The van der Waals surface area contributed by atoms with Crippen LogP contribution in [0.2, 0.25) is 0 Å². The molecule has 0 rings (SSSR count). The largest absolute Gasteiger partial charge is 3.00 e. The van der Waals surface area contributed by atoms with E-state index in [4.69, 9.17) is 46.0 Å². The van der Waals surface area contributed by atoms with Gasteiger partial charge in [0.15, 0.2) is 0 Å². The first kappa shape index (κ1) is 29.3. The Labute approximate surface area is 142 Å². The summed E-state index contributed by atoms with van der Waals surface area (Å²) in [6, 6.07) is 0. The SMILES string of the molecule is O=[N+]([O-])[O-].O=[N+]([O-])[O-].O=[N+]([O-])[O-].[Ce].[Nd+3]. The van der Waals surface area contributed by atoms with Gasteiger partial charge in [-0.2, -0.15) is 0 Å². The molecule has 0 aromatic rings. The minimum Gasteiger partial charge on any atom is -0.356 e. The van der Waals surface area contributed by atoms with Crippen LogP contribution in [0.4, 0.5) is 0 Å². The van der Waals surface area contributed by atoms with Crippen LogP contribution in [0.15, 0.2) is 0 Å². The predicted molar refractivity (Wildman–Crippen MR) is 31.1 cm³/mol. The maximum atomic E-state index is 8.25. The molecule has 0 aliphatic rings. The van der Waals surface area contributed by atoms with Crippen molar-refractivity contribution in [3.8, 4) is 0 Å². The van der Waals surface area contributed by atoms with Crippen molar-refractivity contribution in [2.24, 2.45) is 0 Å². The molecule has 0 atom stereocenters. The van der Waals surface area contributed by atoms with E-state index in [0.29, 0.717) is 0 Å². The van der Waals surface area contributed by atoms with E-state index in [1.54, 1.807) is 0 Å². The number of rotatable bonds is 0. The van der Waals surface area contributed by atoms with Crippen molar-refractivity contribution in [2.75, 3.05) is 0 Å². The second-order valence-electron chi connectivity index (χ2n) is 0.671. The summed E-state index contributed by atoms with van der Waals surface area (Å²) < 4.78 is 0. The number of nitrogens with zero attached hydrogens (tertiary/aromatic N) is 3. The van der Waals surface area contributed by atoms with Crippen LogP contribution in [-0.4, -0.2) is 15.3 Å². The minimum atomic E-state index is -1.75. The van der Waals surface area contributed by atoms with Crippen LogP contribution in [0, 0.1) is 129 Å². The first-order valence-electron chi connectivity index (χ1n) is 1.64. The van der Waals surface area contributed by atoms with Crippen LogP contribution in [-0.2, 0) is 0 Å². The summed E-state index contributed by atoms with van der Waals surface area (Å²) in [6.07, 6.45) is 0. The van der Waals surface area contributed by atoms with Crippen molar-refractivity contribution in [1.82, 2.24) is 0 Å². The third-order valence-corrected chi connectivity index (χ3v) is 0. The zero-order valence-electron chi connectivity index (χ0n) is 6.02. The molecule has 0 aliphatic carbocycles. The third-order valence-electron chi connectivity index (χ3n) is 0. The number of hydrogen-bond acceptors (Lipinski definition) is 9. The summed E-state index contributed by atoms with van der Waals surface area (Å²) in [5.41, 5.74) is 0. The van der Waals surface area contributed by atoms with Gasteiger partial charge in [0.2, 0.25) is 0 Å². The summed E-state index contributed by atoms with van der Waals surface area (Å²) in [6.45, 7) is 0. The molecule has 0 aromatic carbocycles. The fraction of sp³-hybridized carbons (Fsp3) is 0. The first-order chi connectivity index (χ1) is 5.20. The van der Waals surface area contributed by atoms with Crippen LogP contribution >= 0.6 is 0 Å². The molecule has 14 heavy (non-hydrogen) atoms. The molecule has 0 heterocycles. The van der Waals surface area contributed by atoms with E-state index in [9.17, 15) is 0 Å². The van der Waals surface area contributed by atoms with E-state index in [0.717, 1.165) is 0 Å². The van der Waals surface area contributed by atoms with Gasteiger partial charge in [-0.3, -0.25) is 0 Å². The number of hydrogen-bond donors (Lipinski definition) is 0. The van der Waals surface area contributed by atoms with E-state index >= 15 is 0 Å². The Morgan fingerprint density at radius 3 is 0.571 bits per heavy atom. The monoisotopic (exact) mass is 468 g/mol. The zero-order chi connectivity index (χ0) is 10.7. The van der Waals surface area contributed by atoms with Gasteiger partial charge in [-0.25, -0.2) is 0 Å². The molecule has 77 valence electrons. The summed E-state index contributed by atoms with van der Waals surface area (Å²) in [5, 5.41) is 44.2. The van der Waals surface area contributed by atoms with Crippen LogP contribution in [0.1, 0.15) is 0 Å². The Hall–Kier alpha value is 0.327. The van der Waals surface area contributed by atoms with E-state index in [-0.39, 0.29) is 82.6 Å². The van der Waals surface area contributed by atoms with Gasteiger partial charge >= 0.3 is 40.8 Å². The Balaban J connectivity index is -0.0000000270. The molecule has 12 nitrogen and oxygen atoms in total. The fourth-order valence-corrected chi connectivity index (χ4v) is 0. The van der Waals surface area contributed by atoms with Crippen molar-refractivity contribution < 1.29 is 97.8 Å². The topological polar surface area (TPSA) is 199 Å². The van der Waals surface area contributed by atoms with Crippen molar-refractivity contribution >= 4 is 0 Å². The van der Waals surface area contributed by atoms with Crippen LogP contribution < -0.4 is 0 Å². The van der Waals surface area contributed by atoms with Crippen molar-refractivity contribution in [3.05, 3.63) is 46.0 Å². The molecule has 0 unspecified atom stereocenters. The first-order valence-corrected chi connectivity index (χ1v) is 1.64. The van der Waals surface area contributed by atoms with Crippen molar-refractivity contribution in [2.45, 2.75) is 0 Å². The molecule has 0 aliphatic heterocycles. The molecule has 14 heteroatoms. The third kappa shape index (κ3) is 14800. The quantitative estimate of drug-likeness (QED) is 0.324. The molecule has 0 N–H and O–H groups in total. The average Bonchev–Trinajstić information content (AvgIpc) is 1.54. The molecular weight excluding hydrogens is 470 g/mol. The smallest absolute Gasteiger partial charge is 0.356 e. The van der Waals surface area contributed by atoms with Gasteiger partial charge in [-0.05, 0) is 0 Å². The van der Waals surface area contributed by atoms with Gasteiger partial charge in [0.05, 0.1) is 15.3 Å². The Morgan fingerprint density at radius 1 is 0.571 bits per heavy atom. The van der Waals surface area contributed by atoms with Gasteiger partial charge in [0.25, 0.3) is 0 Å². The fourth-order valence-electron chi connectivity index (χ4n) is 0. The molecule has 0 spiro atoms. The molecule has 0 aromatic heterocycles. The Bertz CT molecular complexity index is 118. The van der Waals surface area contributed by atoms with Gasteiger partial charge in [0, 0.05) is 41.7 Å². The van der Waals surface area contributed by atoms with E-state index in [2.05, 4.69) is 0 Å². The van der Waals surface area contributed by atoms with E-state index < -0.39 is 15.3 Å². The minimum absolute atomic E-state index is 0. The maximum absolute atomic E-state index is 8.25. The standard InChI is InChI=1S/Ce.3NO3.Nd/c;3*2-1(3)4;/q;3*-1;+3. The maximum Gasteiger partial charge on any atom is 3.00 e. The molecule has 1 radical (unpaired) electrons. The second-order valence-corrected chi connectivity index (χ2v) is 0.671. The average molecular weight is 470 g/mol. The molecule has 0 saturated heterocycles. The summed E-state index contributed by atoms with van der Waals surface area (Å²) >= 11 is 0. The van der Waals surface area contributed by atoms with E-state index in [1.165, 1.54) is 0 Å². The van der Waals surface area contributed by atoms with Crippen molar-refractivity contribution in [3.63, 3.8) is 0 Å². The molecule has 0 bridgehead atoms. The second kappa shape index (κ2) is 23.3. The summed E-state index contributed by atoms with van der Waals surface area (Å²) in [7, 11) is 0. The van der Waals surface area contributed by atoms with Gasteiger partial charge < -0.3 is 46.0 Å². The van der Waals surface area contributed by atoms with Crippen LogP contribution in [0.3, 0.4) is 0 Å². The zero-order valence-corrected chi connectivity index (χ0v) is 12.4. The molecule has 0 saturated carbocycles. The molecular formula is CeN3NdO9. The van der Waals surface area contributed by atoms with Crippen molar-refractivity contribution in [1.29, 1.82) is 0 Å². The van der Waals surface area contributed by atoms with Crippen LogP contribution in [0.5, 0.6) is 0 Å². The van der Waals surface area contributed by atoms with Gasteiger partial charge in [0.1, 0.15) is 0 Å². The van der Waals surface area contributed by atoms with Gasteiger partial charge in [-0.1, -0.05) is 0 Å².